The number of methoxy groups -OCH3 is 1. The maximum absolute atomic E-state index is 13.4. The Balaban J connectivity index is 1.54. The third-order valence-corrected chi connectivity index (χ3v) is 5.39. The average Bonchev–Trinajstić information content (AvgIpc) is 3.31. The van der Waals surface area contributed by atoms with Crippen LogP contribution >= 0.6 is 0 Å². The molecular weight excluding hydrogens is 316 g/mol. The Morgan fingerprint density at radius 1 is 1.20 bits per heavy atom. The van der Waals surface area contributed by atoms with Gasteiger partial charge < -0.3 is 19.5 Å². The predicted molar refractivity (Wildman–Crippen MR) is 95.5 cm³/mol. The van der Waals surface area contributed by atoms with Gasteiger partial charge in [-0.05, 0) is 37.1 Å². The number of carbonyl (C=O) groups is 1. The van der Waals surface area contributed by atoms with E-state index in [1.165, 1.54) is 0 Å². The largest absolute Gasteiger partial charge is 0.497 e. The molecule has 0 atom stereocenters. The summed E-state index contributed by atoms with van der Waals surface area (Å²) in [5.74, 6) is 1.04. The molecule has 6 nitrogen and oxygen atoms in total. The number of nitrogens with one attached hydrogen (secondary N) is 1. The quantitative estimate of drug-likeness (QED) is 0.930. The SMILES string of the molecule is COc1ccc(NC2(C(=O)N3CCn4cncc4C3)CCCC2)cc1. The number of benzene rings is 1. The molecule has 6 heteroatoms. The lowest BCUT2D eigenvalue weighted by Crippen LogP contribution is -2.54. The number of anilines is 1. The summed E-state index contributed by atoms with van der Waals surface area (Å²) in [5.41, 5.74) is 1.59. The molecule has 1 aromatic carbocycles. The molecular formula is C19H24N4O2. The van der Waals surface area contributed by atoms with Gasteiger partial charge in [0.15, 0.2) is 0 Å². The van der Waals surface area contributed by atoms with Crippen LogP contribution in [0.2, 0.25) is 0 Å². The van der Waals surface area contributed by atoms with E-state index in [1.54, 1.807) is 7.11 Å². The average molecular weight is 340 g/mol. The van der Waals surface area contributed by atoms with Crippen LogP contribution in [0.5, 0.6) is 5.75 Å². The van der Waals surface area contributed by atoms with Crippen molar-refractivity contribution in [2.75, 3.05) is 19.0 Å². The first-order chi connectivity index (χ1) is 12.2. The summed E-state index contributed by atoms with van der Waals surface area (Å²) in [7, 11) is 1.66. The van der Waals surface area contributed by atoms with Crippen molar-refractivity contribution in [1.29, 1.82) is 0 Å². The van der Waals surface area contributed by atoms with E-state index in [0.29, 0.717) is 6.54 Å². The van der Waals surface area contributed by atoms with Crippen molar-refractivity contribution < 1.29 is 9.53 Å². The number of fused-ring (bicyclic) bond motifs is 1. The fourth-order valence-corrected chi connectivity index (χ4v) is 3.98. The van der Waals surface area contributed by atoms with E-state index in [0.717, 1.165) is 55.9 Å². The summed E-state index contributed by atoms with van der Waals surface area (Å²) < 4.78 is 7.35. The van der Waals surface area contributed by atoms with E-state index in [4.69, 9.17) is 4.74 Å². The molecule has 0 saturated heterocycles. The molecule has 1 N–H and O–H groups in total. The molecule has 2 heterocycles. The lowest BCUT2D eigenvalue weighted by Gasteiger charge is -2.37. The number of nitrogens with zero attached hydrogens (tertiary/aromatic N) is 3. The van der Waals surface area contributed by atoms with Crippen LogP contribution in [0.4, 0.5) is 5.69 Å². The summed E-state index contributed by atoms with van der Waals surface area (Å²) in [5, 5.41) is 3.55. The molecule has 1 saturated carbocycles. The third kappa shape index (κ3) is 2.97. The zero-order valence-electron chi connectivity index (χ0n) is 14.6. The van der Waals surface area contributed by atoms with Crippen LogP contribution in [0, 0.1) is 0 Å². The van der Waals surface area contributed by atoms with E-state index < -0.39 is 5.54 Å². The van der Waals surface area contributed by atoms with Gasteiger partial charge in [-0.25, -0.2) is 4.98 Å². The maximum Gasteiger partial charge on any atom is 0.248 e. The Morgan fingerprint density at radius 3 is 2.68 bits per heavy atom. The molecule has 1 aliphatic carbocycles. The molecule has 0 unspecified atom stereocenters. The highest BCUT2D eigenvalue weighted by Crippen LogP contribution is 2.36. The van der Waals surface area contributed by atoms with Crippen molar-refractivity contribution in [3.63, 3.8) is 0 Å². The second-order valence-corrected chi connectivity index (χ2v) is 6.95. The molecule has 0 radical (unpaired) electrons. The molecule has 1 aromatic heterocycles. The van der Waals surface area contributed by atoms with Crippen LogP contribution in [0.3, 0.4) is 0 Å². The van der Waals surface area contributed by atoms with Crippen molar-refractivity contribution in [3.8, 4) is 5.75 Å². The number of carbonyl (C=O) groups excluding carboxylic acids is 1. The number of amides is 1. The third-order valence-electron chi connectivity index (χ3n) is 5.39. The number of ether oxygens (including phenoxy) is 1. The highest BCUT2D eigenvalue weighted by molar-refractivity contribution is 5.90. The highest BCUT2D eigenvalue weighted by Gasteiger charge is 2.44. The van der Waals surface area contributed by atoms with E-state index in [9.17, 15) is 4.79 Å². The normalized spacial score (nSPS) is 18.7. The van der Waals surface area contributed by atoms with E-state index in [2.05, 4.69) is 14.9 Å². The zero-order chi connectivity index (χ0) is 17.3. The summed E-state index contributed by atoms with van der Waals surface area (Å²) in [6, 6.07) is 7.82. The second kappa shape index (κ2) is 6.43. The first-order valence-electron chi connectivity index (χ1n) is 8.91. The van der Waals surface area contributed by atoms with Gasteiger partial charge in [-0.2, -0.15) is 0 Å². The molecule has 1 amide bonds. The minimum absolute atomic E-state index is 0.216. The fraction of sp³-hybridized carbons (Fsp3) is 0.474. The Kier molecular flexibility index (Phi) is 4.11. The van der Waals surface area contributed by atoms with Gasteiger partial charge in [0.2, 0.25) is 5.91 Å². The summed E-state index contributed by atoms with van der Waals surface area (Å²) in [6.45, 7) is 2.21. The fourth-order valence-electron chi connectivity index (χ4n) is 3.98. The molecule has 1 aliphatic heterocycles. The summed E-state index contributed by atoms with van der Waals surface area (Å²) >= 11 is 0. The monoisotopic (exact) mass is 340 g/mol. The Labute approximate surface area is 147 Å². The summed E-state index contributed by atoms with van der Waals surface area (Å²) in [6.07, 6.45) is 7.64. The van der Waals surface area contributed by atoms with Crippen molar-refractivity contribution in [1.82, 2.24) is 14.5 Å². The standard InChI is InChI=1S/C19H24N4O2/c1-25-17-6-4-15(5-7-17)21-19(8-2-3-9-19)18(24)22-10-11-23-14-20-12-16(23)13-22/h4-7,12,14,21H,2-3,8-11,13H2,1H3. The molecule has 25 heavy (non-hydrogen) atoms. The predicted octanol–water partition coefficient (Wildman–Crippen LogP) is 2.66. The van der Waals surface area contributed by atoms with Crippen LogP contribution in [-0.2, 0) is 17.9 Å². The molecule has 0 spiro atoms. The van der Waals surface area contributed by atoms with Gasteiger partial charge in [-0.15, -0.1) is 0 Å². The number of hydrogen-bond acceptors (Lipinski definition) is 4. The van der Waals surface area contributed by atoms with Gasteiger partial charge in [-0.1, -0.05) is 12.8 Å². The first-order valence-corrected chi connectivity index (χ1v) is 8.91. The van der Waals surface area contributed by atoms with Gasteiger partial charge in [0.25, 0.3) is 0 Å². The smallest absolute Gasteiger partial charge is 0.248 e. The zero-order valence-corrected chi connectivity index (χ0v) is 14.6. The lowest BCUT2D eigenvalue weighted by atomic mass is 9.94. The molecule has 4 rings (SSSR count). The maximum atomic E-state index is 13.4. The van der Waals surface area contributed by atoms with Crippen LogP contribution < -0.4 is 10.1 Å². The van der Waals surface area contributed by atoms with E-state index in [1.807, 2.05) is 41.7 Å². The number of hydrogen-bond donors (Lipinski definition) is 1. The molecule has 2 aliphatic rings. The van der Waals surface area contributed by atoms with Gasteiger partial charge in [0.1, 0.15) is 11.3 Å². The van der Waals surface area contributed by atoms with Crippen molar-refractivity contribution >= 4 is 11.6 Å². The molecule has 1 fully saturated rings. The molecule has 132 valence electrons. The van der Waals surface area contributed by atoms with Crippen LogP contribution in [0.25, 0.3) is 0 Å². The Hall–Kier alpha value is -2.50. The van der Waals surface area contributed by atoms with E-state index >= 15 is 0 Å². The van der Waals surface area contributed by atoms with Crippen LogP contribution in [-0.4, -0.2) is 39.6 Å². The van der Waals surface area contributed by atoms with Gasteiger partial charge in [-0.3, -0.25) is 4.79 Å². The van der Waals surface area contributed by atoms with E-state index in [-0.39, 0.29) is 5.91 Å². The van der Waals surface area contributed by atoms with Crippen molar-refractivity contribution in [3.05, 3.63) is 42.5 Å². The lowest BCUT2D eigenvalue weighted by molar-refractivity contribution is -0.137. The number of imidazole rings is 1. The Bertz CT molecular complexity index is 747. The first kappa shape index (κ1) is 16.0. The van der Waals surface area contributed by atoms with Crippen molar-refractivity contribution in [2.24, 2.45) is 0 Å². The highest BCUT2D eigenvalue weighted by atomic mass is 16.5. The van der Waals surface area contributed by atoms with Gasteiger partial charge >= 0.3 is 0 Å². The molecule has 0 bridgehead atoms. The van der Waals surface area contributed by atoms with Gasteiger partial charge in [0, 0.05) is 25.0 Å². The minimum Gasteiger partial charge on any atom is -0.497 e. The minimum atomic E-state index is -0.489. The van der Waals surface area contributed by atoms with Crippen LogP contribution in [0.1, 0.15) is 31.4 Å². The van der Waals surface area contributed by atoms with Gasteiger partial charge in [0.05, 0.1) is 25.7 Å². The number of aromatic nitrogens is 2. The summed E-state index contributed by atoms with van der Waals surface area (Å²) in [4.78, 5) is 19.6. The molecule has 2 aromatic rings. The second-order valence-electron chi connectivity index (χ2n) is 6.95. The number of rotatable bonds is 4. The van der Waals surface area contributed by atoms with Crippen LogP contribution in [0.15, 0.2) is 36.8 Å². The van der Waals surface area contributed by atoms with Crippen molar-refractivity contribution in [2.45, 2.75) is 44.3 Å². The Morgan fingerprint density at radius 2 is 1.96 bits per heavy atom. The topological polar surface area (TPSA) is 59.4 Å².